The second kappa shape index (κ2) is 40.9. The lowest BCUT2D eigenvalue weighted by atomic mass is 10.0. The van der Waals surface area contributed by atoms with Crippen molar-refractivity contribution in [2.75, 3.05) is 13.2 Å². The fourth-order valence-corrected chi connectivity index (χ4v) is 4.90. The van der Waals surface area contributed by atoms with E-state index >= 15 is 0 Å². The molecule has 40 heavy (non-hydrogen) atoms. The second-order valence-electron chi connectivity index (χ2n) is 11.3. The highest BCUT2D eigenvalue weighted by Crippen LogP contribution is 2.14. The summed E-state index contributed by atoms with van der Waals surface area (Å²) in [5, 5.41) is 0. The van der Waals surface area contributed by atoms with E-state index in [9.17, 15) is 0 Å². The molecule has 0 unspecified atom stereocenters. The first-order valence-corrected chi connectivity index (χ1v) is 18.1. The molecule has 0 atom stereocenters. The monoisotopic (exact) mass is 599 g/mol. The summed E-state index contributed by atoms with van der Waals surface area (Å²) in [5.41, 5.74) is 0. The number of hydrogen-bond donors (Lipinski definition) is 4. The predicted octanol–water partition coefficient (Wildman–Crippen LogP) is 11.6. The molecule has 0 aromatic heterocycles. The highest BCUT2D eigenvalue weighted by molar-refractivity contribution is 7.79. The quantitative estimate of drug-likeness (QED) is 0.0473. The fraction of sp³-hybridized carbons (Fsp3) is 1.00. The Hall–Kier alpha value is -0.250. The van der Waals surface area contributed by atoms with Crippen molar-refractivity contribution in [2.45, 2.75) is 194 Å². The van der Waals surface area contributed by atoms with E-state index in [0.29, 0.717) is 0 Å². The van der Waals surface area contributed by atoms with Crippen LogP contribution in [-0.2, 0) is 15.1 Å². The zero-order chi connectivity index (χ0) is 28.4. The minimum absolute atomic E-state index is 0. The minimum atomic E-state index is -4.67. The third-order valence-electron chi connectivity index (χ3n) is 7.28. The molecule has 8 N–H and O–H groups in total. The van der Waals surface area contributed by atoms with E-state index in [0.717, 1.165) is 13.2 Å². The normalized spacial score (nSPS) is 10.9. The summed E-state index contributed by atoms with van der Waals surface area (Å²) in [7, 11) is -4.67. The Bertz CT molecular complexity index is 483. The largest absolute Gasteiger partial charge is 0.394 e. The molecule has 0 spiro atoms. The molecule has 0 heterocycles. The molecule has 248 valence electrons. The van der Waals surface area contributed by atoms with Gasteiger partial charge in [-0.25, -0.2) is 0 Å². The van der Waals surface area contributed by atoms with Crippen LogP contribution in [0.3, 0.4) is 0 Å². The molecule has 0 bridgehead atoms. The molecule has 0 aliphatic carbocycles. The maximum absolute atomic E-state index is 8.74. The van der Waals surface area contributed by atoms with Gasteiger partial charge in [-0.1, -0.05) is 181 Å². The summed E-state index contributed by atoms with van der Waals surface area (Å²) in [6.07, 6.45) is 40.1. The second-order valence-corrected chi connectivity index (χ2v) is 12.1. The average molecular weight is 599 g/mol. The van der Waals surface area contributed by atoms with Gasteiger partial charge in [0.05, 0.1) is 0 Å². The zero-order valence-electron chi connectivity index (χ0n) is 27.2. The topological polar surface area (TPSA) is 154 Å². The highest BCUT2D eigenvalue weighted by Gasteiger charge is 1.96. The summed E-state index contributed by atoms with van der Waals surface area (Å²) in [4.78, 5) is 0. The summed E-state index contributed by atoms with van der Waals surface area (Å²) < 4.78 is 37.4. The summed E-state index contributed by atoms with van der Waals surface area (Å²) in [6.45, 7) is 6.59. The van der Waals surface area contributed by atoms with E-state index < -0.39 is 10.4 Å². The van der Waals surface area contributed by atoms with Crippen molar-refractivity contribution in [1.29, 1.82) is 0 Å². The average Bonchev–Trinajstić information content (AvgIpc) is 2.87. The molecule has 0 fully saturated rings. The maximum Gasteiger partial charge on any atom is 0.394 e. The zero-order valence-corrected chi connectivity index (χ0v) is 28.0. The minimum Gasteiger partial charge on any atom is -0.381 e. The maximum atomic E-state index is 8.74. The summed E-state index contributed by atoms with van der Waals surface area (Å²) >= 11 is 0. The van der Waals surface area contributed by atoms with Gasteiger partial charge in [-0.15, -0.1) is 0 Å². The van der Waals surface area contributed by atoms with Crippen molar-refractivity contribution in [3.8, 4) is 0 Å². The first kappa shape index (κ1) is 46.7. The van der Waals surface area contributed by atoms with Gasteiger partial charge >= 0.3 is 10.4 Å². The molecule has 0 saturated heterocycles. The van der Waals surface area contributed by atoms with Gasteiger partial charge in [0.15, 0.2) is 0 Å². The Labute approximate surface area is 251 Å². The van der Waals surface area contributed by atoms with Gasteiger partial charge in [0.1, 0.15) is 0 Å². The summed E-state index contributed by atoms with van der Waals surface area (Å²) in [6, 6.07) is 0. The Morgan fingerprint density at radius 1 is 0.375 bits per heavy atom. The van der Waals surface area contributed by atoms with Crippen molar-refractivity contribution in [3.63, 3.8) is 0 Å². The molecule has 0 rings (SSSR count). The van der Waals surface area contributed by atoms with Crippen LogP contribution in [0.2, 0.25) is 0 Å². The van der Waals surface area contributed by atoms with Crippen LogP contribution in [0.15, 0.2) is 0 Å². The van der Waals surface area contributed by atoms with Gasteiger partial charge in [0.2, 0.25) is 0 Å². The lowest BCUT2D eigenvalue weighted by molar-refractivity contribution is 0.125. The summed E-state index contributed by atoms with van der Waals surface area (Å²) in [5.74, 6) is 0. The van der Waals surface area contributed by atoms with Gasteiger partial charge in [-0.2, -0.15) is 8.42 Å². The third kappa shape index (κ3) is 57.6. The van der Waals surface area contributed by atoms with Gasteiger partial charge in [-0.05, 0) is 12.8 Å². The van der Waals surface area contributed by atoms with Crippen molar-refractivity contribution in [3.05, 3.63) is 0 Å². The van der Waals surface area contributed by atoms with Crippen LogP contribution in [0, 0.1) is 0 Å². The van der Waals surface area contributed by atoms with E-state index in [1.807, 2.05) is 0 Å². The van der Waals surface area contributed by atoms with E-state index in [4.69, 9.17) is 22.3 Å². The predicted molar refractivity (Wildman–Crippen MR) is 176 cm³/mol. The van der Waals surface area contributed by atoms with Crippen molar-refractivity contribution in [2.24, 2.45) is 0 Å². The molecule has 7 nitrogen and oxygen atoms in total. The van der Waals surface area contributed by atoms with E-state index in [1.54, 1.807) is 0 Å². The van der Waals surface area contributed by atoms with Crippen molar-refractivity contribution >= 4 is 10.4 Å². The molecule has 0 aliphatic heterocycles. The van der Waals surface area contributed by atoms with E-state index in [2.05, 4.69) is 13.8 Å². The number of hydrogen-bond acceptors (Lipinski definition) is 5. The van der Waals surface area contributed by atoms with Crippen LogP contribution in [0.25, 0.3) is 0 Å². The van der Waals surface area contributed by atoms with Crippen molar-refractivity contribution in [1.82, 2.24) is 12.3 Å². The molecule has 0 radical (unpaired) electrons. The van der Waals surface area contributed by atoms with Crippen LogP contribution < -0.4 is 12.3 Å². The first-order chi connectivity index (χ1) is 18.4. The third-order valence-corrected chi connectivity index (χ3v) is 7.28. The Morgan fingerprint density at radius 2 is 0.525 bits per heavy atom. The lowest BCUT2D eigenvalue weighted by Gasteiger charge is -2.05. The van der Waals surface area contributed by atoms with Gasteiger partial charge < -0.3 is 17.0 Å². The SMILES string of the molecule is CCCCCCCCCCCCCCCCOCCCCCCCCCCCCCCCC.N.N.O=S(=O)(O)O. The molecule has 8 heteroatoms. The van der Waals surface area contributed by atoms with Gasteiger partial charge in [0.25, 0.3) is 0 Å². The molecule has 0 aromatic carbocycles. The first-order valence-electron chi connectivity index (χ1n) is 16.7. The van der Waals surface area contributed by atoms with Gasteiger partial charge in [-0.3, -0.25) is 9.11 Å². The number of ether oxygens (including phenoxy) is 1. The molecule has 0 amide bonds. The number of unbranched alkanes of at least 4 members (excludes halogenated alkanes) is 26. The molecular weight excluding hydrogens is 524 g/mol. The fourth-order valence-electron chi connectivity index (χ4n) is 4.90. The lowest BCUT2D eigenvalue weighted by Crippen LogP contribution is -1.97. The molecule has 0 saturated carbocycles. The van der Waals surface area contributed by atoms with Crippen LogP contribution in [0.1, 0.15) is 194 Å². The Balaban J connectivity index is -0.000000843. The Morgan fingerprint density at radius 3 is 0.700 bits per heavy atom. The van der Waals surface area contributed by atoms with Crippen LogP contribution in [-0.4, -0.2) is 30.7 Å². The standard InChI is InChI=1S/C32H66O.2H3N.H2O4S/c1-3-5-7-9-11-13-15-17-19-21-23-25-27-29-31-33-32-30-28-26-24-22-20-18-16-14-12-10-8-6-4-2;;;1-5(2,3)4/h3-32H2,1-2H3;2*1H3;(H2,1,2,3,4). The van der Waals surface area contributed by atoms with Crippen molar-refractivity contribution < 1.29 is 22.3 Å². The molecule has 0 aliphatic rings. The smallest absolute Gasteiger partial charge is 0.381 e. The van der Waals surface area contributed by atoms with Crippen LogP contribution >= 0.6 is 0 Å². The Kier molecular flexibility index (Phi) is 47.7. The van der Waals surface area contributed by atoms with E-state index in [1.165, 1.54) is 180 Å². The highest BCUT2D eigenvalue weighted by atomic mass is 32.3. The van der Waals surface area contributed by atoms with E-state index in [-0.39, 0.29) is 12.3 Å². The van der Waals surface area contributed by atoms with Crippen LogP contribution in [0.5, 0.6) is 0 Å². The molecular formula is C32H74N2O5S. The van der Waals surface area contributed by atoms with Crippen LogP contribution in [0.4, 0.5) is 0 Å². The molecule has 0 aromatic rings. The number of rotatable bonds is 30. The van der Waals surface area contributed by atoms with Gasteiger partial charge in [0, 0.05) is 13.2 Å².